The average Bonchev–Trinajstić information content (AvgIpc) is 2.99. The van der Waals surface area contributed by atoms with Crippen LogP contribution in [0.15, 0.2) is 59.5 Å². The number of hydrogen-bond acceptors (Lipinski definition) is 3. The second-order valence-corrected chi connectivity index (χ2v) is 4.19. The van der Waals surface area contributed by atoms with Crippen LogP contribution in [0.2, 0.25) is 0 Å². The Labute approximate surface area is 110 Å². The molecule has 0 atom stereocenters. The summed E-state index contributed by atoms with van der Waals surface area (Å²) in [5.74, 6) is -0.235. The molecule has 3 aromatic rings. The lowest BCUT2D eigenvalue weighted by Gasteiger charge is -2.07. The van der Waals surface area contributed by atoms with Crippen molar-refractivity contribution in [3.05, 3.63) is 66.4 Å². The molecule has 0 aliphatic heterocycles. The van der Waals surface area contributed by atoms with Gasteiger partial charge in [-0.3, -0.25) is 4.79 Å². The number of rotatable bonds is 3. The van der Waals surface area contributed by atoms with Crippen molar-refractivity contribution >= 4 is 16.7 Å². The van der Waals surface area contributed by atoms with Crippen LogP contribution in [0.1, 0.15) is 16.1 Å². The predicted molar refractivity (Wildman–Crippen MR) is 71.6 cm³/mol. The number of carbonyl (C=O) groups excluding carboxylic acids is 1. The van der Waals surface area contributed by atoms with Gasteiger partial charge < -0.3 is 9.73 Å². The molecule has 4 heteroatoms. The second kappa shape index (κ2) is 4.94. The Balaban J connectivity index is 1.81. The lowest BCUT2D eigenvalue weighted by atomic mass is 10.0. The van der Waals surface area contributed by atoms with E-state index in [4.69, 9.17) is 4.42 Å². The first-order valence-electron chi connectivity index (χ1n) is 5.97. The molecule has 0 radical (unpaired) electrons. The number of carbonyl (C=O) groups is 1. The fourth-order valence-corrected chi connectivity index (χ4v) is 2.04. The Kier molecular flexibility index (Phi) is 2.98. The normalized spacial score (nSPS) is 10.5. The molecular weight excluding hydrogens is 240 g/mol. The molecule has 1 amide bonds. The van der Waals surface area contributed by atoms with E-state index in [-0.39, 0.29) is 5.91 Å². The van der Waals surface area contributed by atoms with E-state index in [1.807, 2.05) is 30.3 Å². The molecule has 1 aromatic heterocycles. The topological polar surface area (TPSA) is 55.1 Å². The van der Waals surface area contributed by atoms with Gasteiger partial charge in [-0.25, -0.2) is 4.98 Å². The Morgan fingerprint density at radius 3 is 2.84 bits per heavy atom. The molecule has 4 nitrogen and oxygen atoms in total. The lowest BCUT2D eigenvalue weighted by Crippen LogP contribution is -2.23. The van der Waals surface area contributed by atoms with Gasteiger partial charge >= 0.3 is 0 Å². The van der Waals surface area contributed by atoms with Crippen molar-refractivity contribution in [3.8, 4) is 0 Å². The Bertz CT molecular complexity index is 700. The van der Waals surface area contributed by atoms with Gasteiger partial charge in [0.1, 0.15) is 6.26 Å². The molecule has 0 saturated carbocycles. The van der Waals surface area contributed by atoms with Crippen LogP contribution in [0.5, 0.6) is 0 Å². The number of nitrogens with zero attached hydrogens (tertiary/aromatic N) is 1. The number of hydrogen-bond donors (Lipinski definition) is 1. The van der Waals surface area contributed by atoms with E-state index in [1.165, 1.54) is 12.7 Å². The molecule has 1 N–H and O–H groups in total. The SMILES string of the molecule is O=C(NCc1cccc2ccccc12)c1cocn1. The molecule has 0 saturated heterocycles. The van der Waals surface area contributed by atoms with Crippen LogP contribution in [0, 0.1) is 0 Å². The van der Waals surface area contributed by atoms with Gasteiger partial charge in [0.15, 0.2) is 12.1 Å². The highest BCUT2D eigenvalue weighted by Gasteiger charge is 2.08. The molecule has 3 rings (SSSR count). The summed E-state index contributed by atoms with van der Waals surface area (Å²) in [6.45, 7) is 0.465. The molecule has 2 aromatic carbocycles. The summed E-state index contributed by atoms with van der Waals surface area (Å²) >= 11 is 0. The first-order valence-corrected chi connectivity index (χ1v) is 5.97. The third-order valence-corrected chi connectivity index (χ3v) is 2.98. The number of oxazole rings is 1. The highest BCUT2D eigenvalue weighted by molar-refractivity contribution is 5.92. The molecule has 94 valence electrons. The highest BCUT2D eigenvalue weighted by Crippen LogP contribution is 2.18. The summed E-state index contributed by atoms with van der Waals surface area (Å²) in [5, 5.41) is 5.14. The molecule has 19 heavy (non-hydrogen) atoms. The van der Waals surface area contributed by atoms with Crippen LogP contribution >= 0.6 is 0 Å². The van der Waals surface area contributed by atoms with Gasteiger partial charge in [0, 0.05) is 6.54 Å². The lowest BCUT2D eigenvalue weighted by molar-refractivity contribution is 0.0946. The Morgan fingerprint density at radius 2 is 2.00 bits per heavy atom. The smallest absolute Gasteiger partial charge is 0.273 e. The summed E-state index contributed by atoms with van der Waals surface area (Å²) in [4.78, 5) is 15.6. The monoisotopic (exact) mass is 252 g/mol. The highest BCUT2D eigenvalue weighted by atomic mass is 16.3. The fourth-order valence-electron chi connectivity index (χ4n) is 2.04. The summed E-state index contributed by atoms with van der Waals surface area (Å²) in [6.07, 6.45) is 2.57. The zero-order valence-electron chi connectivity index (χ0n) is 10.2. The van der Waals surface area contributed by atoms with Crippen LogP contribution in [0.25, 0.3) is 10.8 Å². The maximum Gasteiger partial charge on any atom is 0.273 e. The van der Waals surface area contributed by atoms with Gasteiger partial charge in [-0.2, -0.15) is 0 Å². The van der Waals surface area contributed by atoms with Crippen LogP contribution < -0.4 is 5.32 Å². The van der Waals surface area contributed by atoms with Crippen molar-refractivity contribution in [2.45, 2.75) is 6.54 Å². The largest absolute Gasteiger partial charge is 0.451 e. The number of amides is 1. The summed E-state index contributed by atoms with van der Waals surface area (Å²) < 4.78 is 4.79. The summed E-state index contributed by atoms with van der Waals surface area (Å²) in [7, 11) is 0. The second-order valence-electron chi connectivity index (χ2n) is 4.19. The molecule has 0 spiro atoms. The molecule has 1 heterocycles. The van der Waals surface area contributed by atoms with Crippen LogP contribution in [0.4, 0.5) is 0 Å². The van der Waals surface area contributed by atoms with Crippen molar-refractivity contribution in [1.82, 2.24) is 10.3 Å². The maximum atomic E-state index is 11.8. The van der Waals surface area contributed by atoms with Crippen LogP contribution in [-0.4, -0.2) is 10.9 Å². The summed E-state index contributed by atoms with van der Waals surface area (Å²) in [5.41, 5.74) is 1.37. The van der Waals surface area contributed by atoms with Crippen molar-refractivity contribution in [2.24, 2.45) is 0 Å². The first-order chi connectivity index (χ1) is 9.34. The number of fused-ring (bicyclic) bond motifs is 1. The van der Waals surface area contributed by atoms with E-state index in [1.54, 1.807) is 0 Å². The minimum Gasteiger partial charge on any atom is -0.451 e. The van der Waals surface area contributed by atoms with E-state index in [9.17, 15) is 4.79 Å². The van der Waals surface area contributed by atoms with Crippen molar-refractivity contribution in [1.29, 1.82) is 0 Å². The number of benzene rings is 2. The zero-order valence-corrected chi connectivity index (χ0v) is 10.2. The molecular formula is C15H12N2O2. The molecule has 0 bridgehead atoms. The number of nitrogens with one attached hydrogen (secondary N) is 1. The van der Waals surface area contributed by atoms with Gasteiger partial charge in [-0.15, -0.1) is 0 Å². The van der Waals surface area contributed by atoms with Crippen molar-refractivity contribution < 1.29 is 9.21 Å². The quantitative estimate of drug-likeness (QED) is 0.779. The minimum absolute atomic E-state index is 0.235. The average molecular weight is 252 g/mol. The fraction of sp³-hybridized carbons (Fsp3) is 0.0667. The Hall–Kier alpha value is -2.62. The van der Waals surface area contributed by atoms with Gasteiger partial charge in [0.25, 0.3) is 5.91 Å². The van der Waals surface area contributed by atoms with Crippen molar-refractivity contribution in [3.63, 3.8) is 0 Å². The van der Waals surface area contributed by atoms with Crippen LogP contribution in [-0.2, 0) is 6.54 Å². The predicted octanol–water partition coefficient (Wildman–Crippen LogP) is 2.76. The Morgan fingerprint density at radius 1 is 1.16 bits per heavy atom. The van der Waals surface area contributed by atoms with Gasteiger partial charge in [-0.1, -0.05) is 42.5 Å². The third kappa shape index (κ3) is 2.33. The van der Waals surface area contributed by atoms with E-state index >= 15 is 0 Å². The van der Waals surface area contributed by atoms with Gasteiger partial charge in [-0.05, 0) is 16.3 Å². The molecule has 0 unspecified atom stereocenters. The molecule has 0 fully saturated rings. The third-order valence-electron chi connectivity index (χ3n) is 2.98. The van der Waals surface area contributed by atoms with Crippen LogP contribution in [0.3, 0.4) is 0 Å². The van der Waals surface area contributed by atoms with Gasteiger partial charge in [0.2, 0.25) is 0 Å². The molecule has 0 aliphatic rings. The van der Waals surface area contributed by atoms with Crippen molar-refractivity contribution in [2.75, 3.05) is 0 Å². The van der Waals surface area contributed by atoms with E-state index in [0.29, 0.717) is 12.2 Å². The molecule has 0 aliphatic carbocycles. The van der Waals surface area contributed by atoms with E-state index < -0.39 is 0 Å². The standard InChI is InChI=1S/C15H12N2O2/c18-15(14-9-19-10-17-14)16-8-12-6-3-5-11-4-1-2-7-13(11)12/h1-7,9-10H,8H2,(H,16,18). The summed E-state index contributed by atoms with van der Waals surface area (Å²) in [6, 6.07) is 14.1. The maximum absolute atomic E-state index is 11.8. The number of aromatic nitrogens is 1. The van der Waals surface area contributed by atoms with E-state index in [0.717, 1.165) is 16.3 Å². The van der Waals surface area contributed by atoms with E-state index in [2.05, 4.69) is 22.4 Å². The zero-order chi connectivity index (χ0) is 13.1. The minimum atomic E-state index is -0.235. The first kappa shape index (κ1) is 11.5. The van der Waals surface area contributed by atoms with Gasteiger partial charge in [0.05, 0.1) is 0 Å².